The van der Waals surface area contributed by atoms with Gasteiger partial charge in [0.15, 0.2) is 10.9 Å². The van der Waals surface area contributed by atoms with Crippen molar-refractivity contribution in [1.29, 1.82) is 0 Å². The van der Waals surface area contributed by atoms with Gasteiger partial charge in [-0.1, -0.05) is 23.4 Å². The Labute approximate surface area is 151 Å². The molecule has 3 rings (SSSR count). The molecule has 0 saturated carbocycles. The van der Waals surface area contributed by atoms with Crippen molar-refractivity contribution in [3.05, 3.63) is 76.6 Å². The van der Waals surface area contributed by atoms with Gasteiger partial charge in [-0.05, 0) is 48.0 Å². The lowest BCUT2D eigenvalue weighted by molar-refractivity contribution is 0.0687. The van der Waals surface area contributed by atoms with E-state index in [4.69, 9.17) is 11.6 Å². The van der Waals surface area contributed by atoms with Crippen LogP contribution in [0.4, 0.5) is 8.78 Å². The molecule has 0 bridgehead atoms. The van der Waals surface area contributed by atoms with E-state index in [-0.39, 0.29) is 11.4 Å². The van der Waals surface area contributed by atoms with E-state index < -0.39 is 17.6 Å². The number of carboxylic acids is 1. The summed E-state index contributed by atoms with van der Waals surface area (Å²) >= 11 is 7.03. The third-order valence-electron chi connectivity index (χ3n) is 3.40. The summed E-state index contributed by atoms with van der Waals surface area (Å²) in [6.45, 7) is 0. The first-order valence-electron chi connectivity index (χ1n) is 7.09. The molecule has 0 aliphatic carbocycles. The third kappa shape index (κ3) is 3.83. The molecule has 25 heavy (non-hydrogen) atoms. The molecule has 0 spiro atoms. The Morgan fingerprint density at radius 2 is 1.92 bits per heavy atom. The summed E-state index contributed by atoms with van der Waals surface area (Å²) in [6.07, 6.45) is 1.21. The molecule has 0 saturated heterocycles. The Morgan fingerprint density at radius 3 is 2.60 bits per heavy atom. The number of imidazole rings is 1. The molecule has 0 aliphatic rings. The van der Waals surface area contributed by atoms with Crippen LogP contribution in [0.15, 0.2) is 53.8 Å². The molecule has 0 unspecified atom stereocenters. The van der Waals surface area contributed by atoms with Gasteiger partial charge in [0.25, 0.3) is 0 Å². The van der Waals surface area contributed by atoms with E-state index in [1.807, 2.05) is 0 Å². The molecule has 0 fully saturated rings. The van der Waals surface area contributed by atoms with Gasteiger partial charge in [0, 0.05) is 16.5 Å². The van der Waals surface area contributed by atoms with Crippen LogP contribution in [0.5, 0.6) is 0 Å². The summed E-state index contributed by atoms with van der Waals surface area (Å²) in [5.74, 6) is -1.80. The second kappa shape index (κ2) is 7.25. The summed E-state index contributed by atoms with van der Waals surface area (Å²) in [4.78, 5) is 15.5. The number of aromatic carboxylic acids is 1. The number of hydrogen-bond donors (Lipinski definition) is 1. The van der Waals surface area contributed by atoms with Gasteiger partial charge in [0.1, 0.15) is 11.6 Å². The fourth-order valence-corrected chi connectivity index (χ4v) is 3.38. The van der Waals surface area contributed by atoms with E-state index in [9.17, 15) is 18.7 Å². The molecular weight excluding hydrogens is 370 g/mol. The molecule has 0 aliphatic heterocycles. The Morgan fingerprint density at radius 1 is 1.20 bits per heavy atom. The standard InChI is InChI=1S/C17H11ClF2N2O2S/c18-11-1-6-14(20)10(7-11)9-25-17-21-8-15(16(23)24)22(17)13-4-2-12(19)3-5-13/h1-8H,9H2,(H,23,24). The van der Waals surface area contributed by atoms with Crippen LogP contribution in [0, 0.1) is 11.6 Å². The Hall–Kier alpha value is -2.38. The molecule has 8 heteroatoms. The zero-order valence-corrected chi connectivity index (χ0v) is 14.2. The van der Waals surface area contributed by atoms with Crippen molar-refractivity contribution >= 4 is 29.3 Å². The summed E-state index contributed by atoms with van der Waals surface area (Å²) in [7, 11) is 0. The van der Waals surface area contributed by atoms with E-state index >= 15 is 0 Å². The minimum Gasteiger partial charge on any atom is -0.477 e. The molecule has 0 atom stereocenters. The number of carbonyl (C=O) groups is 1. The predicted octanol–water partition coefficient (Wildman–Crippen LogP) is 4.79. The summed E-state index contributed by atoms with van der Waals surface area (Å²) < 4.78 is 28.4. The van der Waals surface area contributed by atoms with Crippen molar-refractivity contribution in [2.24, 2.45) is 0 Å². The van der Waals surface area contributed by atoms with Gasteiger partial charge in [-0.3, -0.25) is 4.57 Å². The number of nitrogens with zero attached hydrogens (tertiary/aromatic N) is 2. The van der Waals surface area contributed by atoms with Gasteiger partial charge in [0.2, 0.25) is 0 Å². The first-order valence-corrected chi connectivity index (χ1v) is 8.46. The van der Waals surface area contributed by atoms with Crippen molar-refractivity contribution in [2.75, 3.05) is 0 Å². The van der Waals surface area contributed by atoms with Crippen LogP contribution in [0.2, 0.25) is 5.02 Å². The van der Waals surface area contributed by atoms with Gasteiger partial charge in [-0.25, -0.2) is 18.6 Å². The predicted molar refractivity (Wildman–Crippen MR) is 91.5 cm³/mol. The second-order valence-corrected chi connectivity index (χ2v) is 6.45. The molecule has 2 aromatic carbocycles. The number of benzene rings is 2. The second-order valence-electron chi connectivity index (χ2n) is 5.07. The van der Waals surface area contributed by atoms with E-state index in [2.05, 4.69) is 4.98 Å². The van der Waals surface area contributed by atoms with E-state index in [0.717, 1.165) is 11.8 Å². The highest BCUT2D eigenvalue weighted by Crippen LogP contribution is 2.28. The normalized spacial score (nSPS) is 10.8. The number of thioether (sulfide) groups is 1. The number of rotatable bonds is 5. The maximum absolute atomic E-state index is 13.8. The molecule has 128 valence electrons. The van der Waals surface area contributed by atoms with Gasteiger partial charge in [-0.2, -0.15) is 0 Å². The Kier molecular flexibility index (Phi) is 5.06. The van der Waals surface area contributed by atoms with E-state index in [0.29, 0.717) is 21.4 Å². The molecule has 1 heterocycles. The number of hydrogen-bond acceptors (Lipinski definition) is 3. The Bertz CT molecular complexity index is 929. The quantitative estimate of drug-likeness (QED) is 0.646. The highest BCUT2D eigenvalue weighted by atomic mass is 35.5. The largest absolute Gasteiger partial charge is 0.477 e. The summed E-state index contributed by atoms with van der Waals surface area (Å²) in [5.41, 5.74) is 0.758. The lowest BCUT2D eigenvalue weighted by Gasteiger charge is -2.10. The maximum atomic E-state index is 13.8. The molecule has 0 amide bonds. The third-order valence-corrected chi connectivity index (χ3v) is 4.63. The van der Waals surface area contributed by atoms with E-state index in [1.165, 1.54) is 53.2 Å². The molecule has 1 N–H and O–H groups in total. The van der Waals surface area contributed by atoms with Crippen LogP contribution in [0.25, 0.3) is 5.69 Å². The Balaban J connectivity index is 1.95. The molecular formula is C17H11ClF2N2O2S. The minimum atomic E-state index is -1.17. The lowest BCUT2D eigenvalue weighted by atomic mass is 10.2. The number of carboxylic acid groups (broad SMARTS) is 1. The van der Waals surface area contributed by atoms with Crippen LogP contribution >= 0.6 is 23.4 Å². The van der Waals surface area contributed by atoms with Gasteiger partial charge in [0.05, 0.1) is 6.20 Å². The van der Waals surface area contributed by atoms with Crippen molar-refractivity contribution < 1.29 is 18.7 Å². The van der Waals surface area contributed by atoms with Crippen molar-refractivity contribution in [3.63, 3.8) is 0 Å². The van der Waals surface area contributed by atoms with Crippen LogP contribution < -0.4 is 0 Å². The maximum Gasteiger partial charge on any atom is 0.354 e. The van der Waals surface area contributed by atoms with E-state index in [1.54, 1.807) is 0 Å². The number of halogens is 3. The highest BCUT2D eigenvalue weighted by Gasteiger charge is 2.18. The summed E-state index contributed by atoms with van der Waals surface area (Å²) in [5, 5.41) is 10.1. The van der Waals surface area contributed by atoms with Crippen molar-refractivity contribution in [3.8, 4) is 5.69 Å². The van der Waals surface area contributed by atoms with Crippen LogP contribution in [-0.4, -0.2) is 20.6 Å². The smallest absolute Gasteiger partial charge is 0.354 e. The monoisotopic (exact) mass is 380 g/mol. The van der Waals surface area contributed by atoms with Crippen molar-refractivity contribution in [2.45, 2.75) is 10.9 Å². The fourth-order valence-electron chi connectivity index (χ4n) is 2.22. The molecule has 3 aromatic rings. The average molecular weight is 381 g/mol. The average Bonchev–Trinajstić information content (AvgIpc) is 3.00. The lowest BCUT2D eigenvalue weighted by Crippen LogP contribution is -2.07. The first kappa shape index (κ1) is 17.4. The van der Waals surface area contributed by atoms with Gasteiger partial charge >= 0.3 is 5.97 Å². The minimum absolute atomic E-state index is 0.0688. The van der Waals surface area contributed by atoms with Crippen LogP contribution in [0.1, 0.15) is 16.1 Å². The zero-order chi connectivity index (χ0) is 18.0. The summed E-state index contributed by atoms with van der Waals surface area (Å²) in [6, 6.07) is 9.59. The fraction of sp³-hybridized carbons (Fsp3) is 0.0588. The van der Waals surface area contributed by atoms with Gasteiger partial charge < -0.3 is 5.11 Å². The van der Waals surface area contributed by atoms with Crippen molar-refractivity contribution in [1.82, 2.24) is 9.55 Å². The topological polar surface area (TPSA) is 55.1 Å². The first-order chi connectivity index (χ1) is 12.0. The molecule has 1 aromatic heterocycles. The zero-order valence-electron chi connectivity index (χ0n) is 12.6. The molecule has 4 nitrogen and oxygen atoms in total. The number of aromatic nitrogens is 2. The van der Waals surface area contributed by atoms with Crippen LogP contribution in [0.3, 0.4) is 0 Å². The molecule has 0 radical (unpaired) electrons. The SMILES string of the molecule is O=C(O)c1cnc(SCc2cc(Cl)ccc2F)n1-c1ccc(F)cc1. The highest BCUT2D eigenvalue weighted by molar-refractivity contribution is 7.98. The van der Waals surface area contributed by atoms with Crippen LogP contribution in [-0.2, 0) is 5.75 Å². The van der Waals surface area contributed by atoms with Gasteiger partial charge in [-0.15, -0.1) is 0 Å².